The van der Waals surface area contributed by atoms with Crippen LogP contribution in [0.15, 0.2) is 53.6 Å². The number of hydrazone groups is 1. The average molecular weight is 303 g/mol. The molecule has 0 aliphatic heterocycles. The van der Waals surface area contributed by atoms with Gasteiger partial charge in [0.1, 0.15) is 5.75 Å². The van der Waals surface area contributed by atoms with Crippen LogP contribution in [0.1, 0.15) is 19.4 Å². The Bertz CT molecular complexity index is 594. The van der Waals surface area contributed by atoms with Gasteiger partial charge in [-0.15, -0.1) is 0 Å². The van der Waals surface area contributed by atoms with E-state index in [1.807, 2.05) is 48.5 Å². The fourth-order valence-corrected chi connectivity index (χ4v) is 1.80. The number of benzene rings is 2. The summed E-state index contributed by atoms with van der Waals surface area (Å²) >= 11 is 5.84. The second-order valence-electron chi connectivity index (χ2n) is 5.12. The van der Waals surface area contributed by atoms with Crippen molar-refractivity contribution in [3.8, 4) is 5.75 Å². The molecule has 0 aliphatic carbocycles. The van der Waals surface area contributed by atoms with Crippen LogP contribution in [0.3, 0.4) is 0 Å². The third-order valence-electron chi connectivity index (χ3n) is 2.73. The predicted molar refractivity (Wildman–Crippen MR) is 89.4 cm³/mol. The van der Waals surface area contributed by atoms with E-state index in [2.05, 4.69) is 24.4 Å². The van der Waals surface area contributed by atoms with Crippen LogP contribution in [-0.2, 0) is 0 Å². The first-order valence-corrected chi connectivity index (χ1v) is 7.29. The normalized spacial score (nSPS) is 11.0. The van der Waals surface area contributed by atoms with E-state index in [0.29, 0.717) is 17.5 Å². The Balaban J connectivity index is 2.01. The van der Waals surface area contributed by atoms with E-state index in [1.165, 1.54) is 0 Å². The van der Waals surface area contributed by atoms with Crippen LogP contribution < -0.4 is 10.2 Å². The molecule has 2 aromatic rings. The van der Waals surface area contributed by atoms with Crippen molar-refractivity contribution in [2.24, 2.45) is 11.0 Å². The van der Waals surface area contributed by atoms with Crippen LogP contribution >= 0.6 is 11.6 Å². The predicted octanol–water partition coefficient (Wildman–Crippen LogP) is 4.82. The minimum atomic E-state index is 0.488. The topological polar surface area (TPSA) is 33.6 Å². The highest BCUT2D eigenvalue weighted by atomic mass is 35.5. The number of rotatable bonds is 6. The van der Waals surface area contributed by atoms with Crippen molar-refractivity contribution >= 4 is 23.5 Å². The third-order valence-corrected chi connectivity index (χ3v) is 2.98. The van der Waals surface area contributed by atoms with E-state index in [-0.39, 0.29) is 0 Å². The van der Waals surface area contributed by atoms with Gasteiger partial charge in [0.15, 0.2) is 0 Å². The van der Waals surface area contributed by atoms with Gasteiger partial charge in [0.25, 0.3) is 0 Å². The van der Waals surface area contributed by atoms with Crippen molar-refractivity contribution in [2.45, 2.75) is 13.8 Å². The van der Waals surface area contributed by atoms with Gasteiger partial charge in [-0.25, -0.2) is 0 Å². The molecule has 0 radical (unpaired) electrons. The molecular weight excluding hydrogens is 284 g/mol. The van der Waals surface area contributed by atoms with Gasteiger partial charge in [0.2, 0.25) is 0 Å². The van der Waals surface area contributed by atoms with Crippen LogP contribution in [0.2, 0.25) is 5.02 Å². The summed E-state index contributed by atoms with van der Waals surface area (Å²) < 4.78 is 5.78. The highest BCUT2D eigenvalue weighted by Gasteiger charge is 2.01. The number of halogens is 1. The molecule has 0 bridgehead atoms. The largest absolute Gasteiger partial charge is 0.493 e. The number of hydrogen-bond donors (Lipinski definition) is 1. The lowest BCUT2D eigenvalue weighted by molar-refractivity contribution is 0.271. The van der Waals surface area contributed by atoms with Crippen LogP contribution in [0.5, 0.6) is 5.75 Å². The minimum absolute atomic E-state index is 0.488. The van der Waals surface area contributed by atoms with Gasteiger partial charge in [-0.2, -0.15) is 5.10 Å². The molecule has 0 amide bonds. The van der Waals surface area contributed by atoms with Crippen LogP contribution in [-0.4, -0.2) is 12.8 Å². The maximum Gasteiger partial charge on any atom is 0.128 e. The maximum atomic E-state index is 5.84. The number of ether oxygens (including phenoxy) is 1. The molecule has 3 nitrogen and oxygen atoms in total. The Labute approximate surface area is 130 Å². The Morgan fingerprint density at radius 1 is 1.14 bits per heavy atom. The molecule has 0 atom stereocenters. The average Bonchev–Trinajstić information content (AvgIpc) is 2.48. The molecular formula is C17H19ClN2O. The van der Waals surface area contributed by atoms with Gasteiger partial charge in [-0.05, 0) is 42.3 Å². The van der Waals surface area contributed by atoms with E-state index < -0.39 is 0 Å². The van der Waals surface area contributed by atoms with Crippen LogP contribution in [0.4, 0.5) is 5.69 Å². The van der Waals surface area contributed by atoms with Gasteiger partial charge < -0.3 is 4.74 Å². The third kappa shape index (κ3) is 5.12. The standard InChI is InChI=1S/C17H19ClN2O/c1-13(2)12-21-17-6-4-3-5-14(17)11-19-20-16-9-7-15(18)8-10-16/h3-11,13,20H,12H2,1-2H3/b19-11+. The summed E-state index contributed by atoms with van der Waals surface area (Å²) in [4.78, 5) is 0. The lowest BCUT2D eigenvalue weighted by atomic mass is 10.2. The van der Waals surface area contributed by atoms with Crippen LogP contribution in [0, 0.1) is 5.92 Å². The Hall–Kier alpha value is -2.00. The molecule has 21 heavy (non-hydrogen) atoms. The van der Waals surface area contributed by atoms with Crippen molar-refractivity contribution in [2.75, 3.05) is 12.0 Å². The summed E-state index contributed by atoms with van der Waals surface area (Å²) in [7, 11) is 0. The second-order valence-corrected chi connectivity index (χ2v) is 5.56. The highest BCUT2D eigenvalue weighted by Crippen LogP contribution is 2.17. The van der Waals surface area contributed by atoms with Gasteiger partial charge in [-0.3, -0.25) is 5.43 Å². The first-order valence-electron chi connectivity index (χ1n) is 6.91. The first-order chi connectivity index (χ1) is 10.1. The second kappa shape index (κ2) is 7.70. The molecule has 2 rings (SSSR count). The van der Waals surface area contributed by atoms with E-state index in [9.17, 15) is 0 Å². The summed E-state index contributed by atoms with van der Waals surface area (Å²) in [6.07, 6.45) is 1.75. The van der Waals surface area contributed by atoms with Gasteiger partial charge in [0.05, 0.1) is 18.5 Å². The molecule has 0 saturated heterocycles. The van der Waals surface area contributed by atoms with Crippen molar-refractivity contribution in [1.82, 2.24) is 0 Å². The fourth-order valence-electron chi connectivity index (χ4n) is 1.68. The molecule has 0 saturated carbocycles. The van der Waals surface area contributed by atoms with Crippen molar-refractivity contribution in [3.63, 3.8) is 0 Å². The SMILES string of the molecule is CC(C)COc1ccccc1/C=N/Nc1ccc(Cl)cc1. The summed E-state index contributed by atoms with van der Waals surface area (Å²) in [5.74, 6) is 1.33. The molecule has 1 N–H and O–H groups in total. The number of nitrogens with zero attached hydrogens (tertiary/aromatic N) is 1. The molecule has 2 aromatic carbocycles. The van der Waals surface area contributed by atoms with Crippen molar-refractivity contribution in [3.05, 3.63) is 59.1 Å². The number of hydrogen-bond acceptors (Lipinski definition) is 3. The van der Waals surface area contributed by atoms with E-state index in [4.69, 9.17) is 16.3 Å². The molecule has 0 heterocycles. The number of para-hydroxylation sites is 1. The summed E-state index contributed by atoms with van der Waals surface area (Å²) in [5, 5.41) is 4.94. The molecule has 0 aromatic heterocycles. The Kier molecular flexibility index (Phi) is 5.64. The fraction of sp³-hybridized carbons (Fsp3) is 0.235. The molecule has 110 valence electrons. The molecule has 0 fully saturated rings. The zero-order chi connectivity index (χ0) is 15.1. The van der Waals surface area contributed by atoms with Gasteiger partial charge >= 0.3 is 0 Å². The molecule has 0 aliphatic rings. The van der Waals surface area contributed by atoms with Gasteiger partial charge in [-0.1, -0.05) is 37.6 Å². The molecule has 0 spiro atoms. The van der Waals surface area contributed by atoms with E-state index >= 15 is 0 Å². The van der Waals surface area contributed by atoms with Gasteiger partial charge in [0, 0.05) is 10.6 Å². The Morgan fingerprint density at radius 3 is 2.57 bits per heavy atom. The van der Waals surface area contributed by atoms with Crippen molar-refractivity contribution < 1.29 is 4.74 Å². The zero-order valence-electron chi connectivity index (χ0n) is 12.2. The summed E-state index contributed by atoms with van der Waals surface area (Å²) in [6, 6.07) is 15.2. The molecule has 0 unspecified atom stereocenters. The number of anilines is 1. The first kappa shape index (κ1) is 15.4. The van der Waals surface area contributed by atoms with Crippen LogP contribution in [0.25, 0.3) is 0 Å². The zero-order valence-corrected chi connectivity index (χ0v) is 13.0. The summed E-state index contributed by atoms with van der Waals surface area (Å²) in [5.41, 5.74) is 4.80. The lowest BCUT2D eigenvalue weighted by Crippen LogP contribution is -2.06. The van der Waals surface area contributed by atoms with E-state index in [0.717, 1.165) is 17.0 Å². The number of nitrogens with one attached hydrogen (secondary N) is 1. The quantitative estimate of drug-likeness (QED) is 0.613. The van der Waals surface area contributed by atoms with Crippen molar-refractivity contribution in [1.29, 1.82) is 0 Å². The highest BCUT2D eigenvalue weighted by molar-refractivity contribution is 6.30. The minimum Gasteiger partial charge on any atom is -0.493 e. The van der Waals surface area contributed by atoms with E-state index in [1.54, 1.807) is 6.21 Å². The maximum absolute atomic E-state index is 5.84. The smallest absolute Gasteiger partial charge is 0.128 e. The lowest BCUT2D eigenvalue weighted by Gasteiger charge is -2.10. The Morgan fingerprint density at radius 2 is 1.86 bits per heavy atom. The monoisotopic (exact) mass is 302 g/mol. The summed E-state index contributed by atoms with van der Waals surface area (Å²) in [6.45, 7) is 4.94. The molecule has 4 heteroatoms.